The number of amidine groups is 1. The fourth-order valence-corrected chi connectivity index (χ4v) is 3.51. The van der Waals surface area contributed by atoms with Crippen molar-refractivity contribution in [2.45, 2.75) is 13.3 Å². The van der Waals surface area contributed by atoms with Crippen LogP contribution >= 0.6 is 15.9 Å². The first kappa shape index (κ1) is 22.6. The second-order valence-electron chi connectivity index (χ2n) is 6.26. The quantitative estimate of drug-likeness (QED) is 0.291. The van der Waals surface area contributed by atoms with Gasteiger partial charge in [-0.25, -0.2) is 19.2 Å². The minimum absolute atomic E-state index is 0.0379. The Hall–Kier alpha value is -3.04. The molecule has 0 saturated heterocycles. The Kier molecular flexibility index (Phi) is 6.87. The van der Waals surface area contributed by atoms with Crippen LogP contribution in [0.1, 0.15) is 19.0 Å². The van der Waals surface area contributed by atoms with Gasteiger partial charge in [0.1, 0.15) is 5.82 Å². The van der Waals surface area contributed by atoms with E-state index in [4.69, 9.17) is 14.6 Å². The summed E-state index contributed by atoms with van der Waals surface area (Å²) in [6.07, 6.45) is 1.90. The Labute approximate surface area is 184 Å². The largest absolute Gasteiger partial charge is 0.361 e. The van der Waals surface area contributed by atoms with E-state index in [-0.39, 0.29) is 34.9 Å². The van der Waals surface area contributed by atoms with Crippen molar-refractivity contribution >= 4 is 49.4 Å². The molecule has 1 aliphatic heterocycles. The fraction of sp³-hybridized carbons (Fsp3) is 0.250. The van der Waals surface area contributed by atoms with Gasteiger partial charge in [0.05, 0.1) is 10.2 Å². The van der Waals surface area contributed by atoms with Crippen LogP contribution in [0.2, 0.25) is 0 Å². The first-order valence-corrected chi connectivity index (χ1v) is 11.0. The van der Waals surface area contributed by atoms with E-state index in [9.17, 15) is 17.6 Å². The summed E-state index contributed by atoms with van der Waals surface area (Å²) >= 11 is 3.07. The molecule has 1 aromatic carbocycles. The summed E-state index contributed by atoms with van der Waals surface area (Å²) in [6.45, 7) is 1.64. The molecule has 166 valence electrons. The van der Waals surface area contributed by atoms with Crippen molar-refractivity contribution in [3.05, 3.63) is 46.0 Å². The standard InChI is InChI=1S/C16H17BrFN7O5S/c1-9(26)29-23-16(21-11-2-3-13(18)12(17)6-11)14-15(24-30-22-14)20-7-10-4-5-25(8-10)31(19,27)28/h2-3,6,8H,4-5,7H2,1H3,(H,20,24)(H,21,23)(H2,19,27,28). The Morgan fingerprint density at radius 3 is 2.87 bits per heavy atom. The third-order valence-electron chi connectivity index (χ3n) is 3.94. The molecule has 2 aromatic rings. The van der Waals surface area contributed by atoms with Crippen molar-refractivity contribution in [3.63, 3.8) is 0 Å². The number of hydroxylamine groups is 1. The summed E-state index contributed by atoms with van der Waals surface area (Å²) < 4.78 is 42.3. The summed E-state index contributed by atoms with van der Waals surface area (Å²) in [5, 5.41) is 15.6. The van der Waals surface area contributed by atoms with Crippen molar-refractivity contribution in [2.24, 2.45) is 10.1 Å². The number of hydrogen-bond donors (Lipinski definition) is 3. The van der Waals surface area contributed by atoms with Crippen LogP contribution in [0.4, 0.5) is 15.9 Å². The van der Waals surface area contributed by atoms with Gasteiger partial charge in [0.25, 0.3) is 10.2 Å². The van der Waals surface area contributed by atoms with Gasteiger partial charge in [-0.3, -0.25) is 9.10 Å². The lowest BCUT2D eigenvalue weighted by Gasteiger charge is -2.10. The molecule has 31 heavy (non-hydrogen) atoms. The second-order valence-corrected chi connectivity index (χ2v) is 8.62. The average molecular weight is 518 g/mol. The number of hydrogen-bond acceptors (Lipinski definition) is 9. The maximum Gasteiger partial charge on any atom is 0.329 e. The molecule has 12 nitrogen and oxygen atoms in total. The molecular weight excluding hydrogens is 501 g/mol. The van der Waals surface area contributed by atoms with Gasteiger partial charge < -0.3 is 10.2 Å². The topological polar surface area (TPSA) is 165 Å². The number of aromatic nitrogens is 2. The first-order chi connectivity index (χ1) is 14.6. The van der Waals surface area contributed by atoms with Gasteiger partial charge in [0.15, 0.2) is 11.5 Å². The van der Waals surface area contributed by atoms with Crippen molar-refractivity contribution in [2.75, 3.05) is 18.4 Å². The predicted molar refractivity (Wildman–Crippen MR) is 110 cm³/mol. The summed E-state index contributed by atoms with van der Waals surface area (Å²) in [4.78, 5) is 20.3. The molecule has 1 aliphatic rings. The number of halogens is 2. The summed E-state index contributed by atoms with van der Waals surface area (Å²) in [7, 11) is -3.81. The fourth-order valence-electron chi connectivity index (χ4n) is 2.51. The molecule has 0 amide bonds. The lowest BCUT2D eigenvalue weighted by molar-refractivity contribution is -0.145. The molecular formula is C16H17BrFN7O5S. The van der Waals surface area contributed by atoms with Crippen LogP contribution in [0, 0.1) is 5.82 Å². The van der Waals surface area contributed by atoms with E-state index in [2.05, 4.69) is 42.0 Å². The molecule has 15 heteroatoms. The second kappa shape index (κ2) is 9.40. The maximum atomic E-state index is 13.5. The average Bonchev–Trinajstić information content (AvgIpc) is 3.35. The summed E-state index contributed by atoms with van der Waals surface area (Å²) in [6, 6.07) is 4.02. The number of rotatable bonds is 6. The third kappa shape index (κ3) is 5.99. The molecule has 0 atom stereocenters. The predicted octanol–water partition coefficient (Wildman–Crippen LogP) is 1.32. The zero-order chi connectivity index (χ0) is 22.6. The molecule has 0 saturated carbocycles. The molecule has 0 radical (unpaired) electrons. The number of carbonyl (C=O) groups is 1. The van der Waals surface area contributed by atoms with Gasteiger partial charge in [-0.2, -0.15) is 13.9 Å². The number of nitrogens with two attached hydrogens (primary N) is 1. The SMILES string of the molecule is CC(=O)ONC(=Nc1ccc(F)c(Br)c1)c1nonc1NCC1=CN(S(N)(=O)=O)CC1. The molecule has 0 aliphatic carbocycles. The van der Waals surface area contributed by atoms with E-state index >= 15 is 0 Å². The van der Waals surface area contributed by atoms with E-state index in [1.54, 1.807) is 0 Å². The smallest absolute Gasteiger partial charge is 0.329 e. The van der Waals surface area contributed by atoms with Crippen LogP contribution < -0.4 is 15.9 Å². The van der Waals surface area contributed by atoms with Gasteiger partial charge in [-0.05, 0) is 56.4 Å². The molecule has 0 fully saturated rings. The van der Waals surface area contributed by atoms with Gasteiger partial charge in [0.2, 0.25) is 5.82 Å². The van der Waals surface area contributed by atoms with E-state index < -0.39 is 22.0 Å². The molecule has 4 N–H and O–H groups in total. The van der Waals surface area contributed by atoms with Gasteiger partial charge in [-0.15, -0.1) is 0 Å². The Balaban J connectivity index is 1.83. The third-order valence-corrected chi connectivity index (χ3v) is 5.49. The highest BCUT2D eigenvalue weighted by molar-refractivity contribution is 9.10. The van der Waals surface area contributed by atoms with Crippen LogP contribution in [0.3, 0.4) is 0 Å². The highest BCUT2D eigenvalue weighted by Crippen LogP contribution is 2.24. The molecule has 2 heterocycles. The van der Waals surface area contributed by atoms with Crippen molar-refractivity contribution in [1.29, 1.82) is 0 Å². The number of nitrogens with one attached hydrogen (secondary N) is 2. The Morgan fingerprint density at radius 1 is 1.45 bits per heavy atom. The number of nitrogens with zero attached hydrogens (tertiary/aromatic N) is 4. The van der Waals surface area contributed by atoms with E-state index in [0.717, 1.165) is 9.88 Å². The normalized spacial score (nSPS) is 14.4. The van der Waals surface area contributed by atoms with Crippen LogP contribution in [0.25, 0.3) is 0 Å². The number of carbonyl (C=O) groups excluding carboxylic acids is 1. The van der Waals surface area contributed by atoms with Crippen molar-refractivity contribution < 1.29 is 27.1 Å². The van der Waals surface area contributed by atoms with E-state index in [0.29, 0.717) is 12.1 Å². The molecule has 0 spiro atoms. The Morgan fingerprint density at radius 2 is 2.23 bits per heavy atom. The number of anilines is 1. The highest BCUT2D eigenvalue weighted by Gasteiger charge is 2.22. The van der Waals surface area contributed by atoms with E-state index in [1.165, 1.54) is 31.3 Å². The zero-order valence-electron chi connectivity index (χ0n) is 16.0. The monoisotopic (exact) mass is 517 g/mol. The number of aliphatic imine (C=N–C) groups is 1. The minimum Gasteiger partial charge on any atom is -0.361 e. The lowest BCUT2D eigenvalue weighted by Crippen LogP contribution is -2.30. The van der Waals surface area contributed by atoms with Crippen molar-refractivity contribution in [1.82, 2.24) is 20.1 Å². The highest BCUT2D eigenvalue weighted by atomic mass is 79.9. The maximum absolute atomic E-state index is 13.5. The Bertz CT molecular complexity index is 1150. The van der Waals surface area contributed by atoms with Gasteiger partial charge in [0, 0.05) is 26.2 Å². The molecule has 1 aromatic heterocycles. The van der Waals surface area contributed by atoms with Crippen molar-refractivity contribution in [3.8, 4) is 0 Å². The van der Waals surface area contributed by atoms with Crippen LogP contribution in [-0.2, 0) is 19.8 Å². The summed E-state index contributed by atoms with van der Waals surface area (Å²) in [5.74, 6) is -1.01. The minimum atomic E-state index is -3.81. The van der Waals surface area contributed by atoms with Crippen LogP contribution in [0.15, 0.2) is 44.1 Å². The molecule has 0 unspecified atom stereocenters. The zero-order valence-corrected chi connectivity index (χ0v) is 18.4. The van der Waals surface area contributed by atoms with Crippen LogP contribution in [-0.4, -0.2) is 47.9 Å². The van der Waals surface area contributed by atoms with Crippen LogP contribution in [0.5, 0.6) is 0 Å². The number of benzene rings is 1. The van der Waals surface area contributed by atoms with E-state index in [1.807, 2.05) is 0 Å². The first-order valence-electron chi connectivity index (χ1n) is 8.66. The van der Waals surface area contributed by atoms with Gasteiger partial charge in [-0.1, -0.05) is 0 Å². The molecule has 0 bridgehead atoms. The molecule has 3 rings (SSSR count). The summed E-state index contributed by atoms with van der Waals surface area (Å²) in [5.41, 5.74) is 3.51. The lowest BCUT2D eigenvalue weighted by atomic mass is 10.2. The van der Waals surface area contributed by atoms with Gasteiger partial charge >= 0.3 is 5.97 Å².